The van der Waals surface area contributed by atoms with E-state index in [2.05, 4.69) is 10.0 Å². The summed E-state index contributed by atoms with van der Waals surface area (Å²) in [5.74, 6) is 0.199. The summed E-state index contributed by atoms with van der Waals surface area (Å²) in [5, 5.41) is 3.01. The van der Waals surface area contributed by atoms with Gasteiger partial charge in [-0.25, -0.2) is 13.1 Å². The van der Waals surface area contributed by atoms with E-state index in [1.807, 2.05) is 14.0 Å². The molecule has 0 bridgehead atoms. The van der Waals surface area contributed by atoms with Gasteiger partial charge >= 0.3 is 0 Å². The molecule has 0 aliphatic carbocycles. The predicted octanol–water partition coefficient (Wildman–Crippen LogP) is 0.475. The molecule has 0 spiro atoms. The zero-order valence-electron chi connectivity index (χ0n) is 10.8. The van der Waals surface area contributed by atoms with Crippen LogP contribution in [0.4, 0.5) is 0 Å². The second kappa shape index (κ2) is 6.68. The smallest absolute Gasteiger partial charge is 0.212 e. The van der Waals surface area contributed by atoms with Gasteiger partial charge in [-0.3, -0.25) is 0 Å². The molecule has 2 N–H and O–H groups in total. The number of hydrogen-bond acceptors (Lipinski definition) is 4. The predicted molar refractivity (Wildman–Crippen MR) is 68.5 cm³/mol. The number of unbranched alkanes of at least 4 members (excludes halogenated alkanes) is 1. The summed E-state index contributed by atoms with van der Waals surface area (Å²) in [6.07, 6.45) is 3.33. The summed E-state index contributed by atoms with van der Waals surface area (Å²) < 4.78 is 31.9. The monoisotopic (exact) mass is 264 g/mol. The lowest BCUT2D eigenvalue weighted by Crippen LogP contribution is -2.52. The molecule has 6 heteroatoms. The Kier molecular flexibility index (Phi) is 5.85. The lowest BCUT2D eigenvalue weighted by atomic mass is 9.97. The molecule has 102 valence electrons. The Morgan fingerprint density at radius 2 is 2.12 bits per heavy atom. The average Bonchev–Trinajstić information content (AvgIpc) is 2.24. The molecular formula is C11H24N2O3S. The molecule has 1 fully saturated rings. The molecule has 1 heterocycles. The molecule has 5 nitrogen and oxygen atoms in total. The molecule has 17 heavy (non-hydrogen) atoms. The zero-order chi connectivity index (χ0) is 12.8. The highest BCUT2D eigenvalue weighted by Crippen LogP contribution is 2.19. The first-order valence-corrected chi connectivity index (χ1v) is 7.87. The fraction of sp³-hybridized carbons (Fsp3) is 1.00. The number of sulfonamides is 1. The van der Waals surface area contributed by atoms with Crippen LogP contribution in [0.25, 0.3) is 0 Å². The summed E-state index contributed by atoms with van der Waals surface area (Å²) in [6.45, 7) is 3.98. The van der Waals surface area contributed by atoms with Crippen molar-refractivity contribution in [2.45, 2.75) is 38.1 Å². The standard InChI is InChI=1S/C11H24N2O3S/c1-11(6-5-8-16-10-11)13-17(14,15)9-4-3-7-12-2/h12-13H,3-10H2,1-2H3. The van der Waals surface area contributed by atoms with E-state index in [0.717, 1.165) is 32.4 Å². The van der Waals surface area contributed by atoms with Crippen LogP contribution in [-0.4, -0.2) is 46.5 Å². The summed E-state index contributed by atoms with van der Waals surface area (Å²) in [7, 11) is -1.31. The van der Waals surface area contributed by atoms with Gasteiger partial charge in [0.25, 0.3) is 0 Å². The van der Waals surface area contributed by atoms with Crippen LogP contribution in [0.3, 0.4) is 0 Å². The van der Waals surface area contributed by atoms with Gasteiger partial charge in [-0.1, -0.05) is 0 Å². The average molecular weight is 264 g/mol. The maximum atomic E-state index is 11.9. The lowest BCUT2D eigenvalue weighted by Gasteiger charge is -2.33. The van der Waals surface area contributed by atoms with Crippen molar-refractivity contribution in [2.24, 2.45) is 0 Å². The number of ether oxygens (including phenoxy) is 1. The van der Waals surface area contributed by atoms with Crippen LogP contribution in [0.5, 0.6) is 0 Å². The van der Waals surface area contributed by atoms with Crippen LogP contribution in [0.15, 0.2) is 0 Å². The molecule has 0 saturated carbocycles. The molecule has 1 rings (SSSR count). The largest absolute Gasteiger partial charge is 0.380 e. The van der Waals surface area contributed by atoms with Crippen LogP contribution in [0.2, 0.25) is 0 Å². The number of hydrogen-bond donors (Lipinski definition) is 2. The van der Waals surface area contributed by atoms with E-state index >= 15 is 0 Å². The van der Waals surface area contributed by atoms with E-state index in [1.165, 1.54) is 0 Å². The van der Waals surface area contributed by atoms with Crippen molar-refractivity contribution >= 4 is 10.0 Å². The van der Waals surface area contributed by atoms with Crippen LogP contribution in [0, 0.1) is 0 Å². The van der Waals surface area contributed by atoms with Gasteiger partial charge in [0.2, 0.25) is 10.0 Å². The first-order chi connectivity index (χ1) is 7.97. The Morgan fingerprint density at radius 3 is 2.71 bits per heavy atom. The van der Waals surface area contributed by atoms with Gasteiger partial charge < -0.3 is 10.1 Å². The maximum absolute atomic E-state index is 11.9. The molecule has 1 unspecified atom stereocenters. The Morgan fingerprint density at radius 1 is 1.35 bits per heavy atom. The molecule has 1 aliphatic rings. The molecule has 0 aromatic heterocycles. The minimum Gasteiger partial charge on any atom is -0.380 e. The van der Waals surface area contributed by atoms with Gasteiger partial charge in [-0.05, 0) is 46.2 Å². The van der Waals surface area contributed by atoms with Gasteiger partial charge in [0, 0.05) is 6.61 Å². The van der Waals surface area contributed by atoms with Crippen molar-refractivity contribution in [1.29, 1.82) is 0 Å². The number of nitrogens with one attached hydrogen (secondary N) is 2. The van der Waals surface area contributed by atoms with Crippen molar-refractivity contribution in [1.82, 2.24) is 10.0 Å². The first-order valence-electron chi connectivity index (χ1n) is 6.21. The zero-order valence-corrected chi connectivity index (χ0v) is 11.6. The second-order valence-corrected chi connectivity index (χ2v) is 6.79. The topological polar surface area (TPSA) is 67.4 Å². The number of rotatable bonds is 7. The van der Waals surface area contributed by atoms with Crippen molar-refractivity contribution in [3.05, 3.63) is 0 Å². The Bertz CT molecular complexity index is 311. The molecule has 1 aliphatic heterocycles. The van der Waals surface area contributed by atoms with Crippen molar-refractivity contribution in [3.8, 4) is 0 Å². The molecule has 1 atom stereocenters. The summed E-state index contributed by atoms with van der Waals surface area (Å²) in [5.41, 5.74) is -0.417. The van der Waals surface area contributed by atoms with Crippen molar-refractivity contribution in [3.63, 3.8) is 0 Å². The molecule has 0 aromatic rings. The van der Waals surface area contributed by atoms with Crippen molar-refractivity contribution < 1.29 is 13.2 Å². The SMILES string of the molecule is CNCCCCS(=O)(=O)NC1(C)CCCOC1. The van der Waals surface area contributed by atoms with Gasteiger partial charge in [0.15, 0.2) is 0 Å². The lowest BCUT2D eigenvalue weighted by molar-refractivity contribution is 0.0386. The van der Waals surface area contributed by atoms with Crippen LogP contribution >= 0.6 is 0 Å². The molecule has 0 aromatic carbocycles. The minimum absolute atomic E-state index is 0.199. The summed E-state index contributed by atoms with van der Waals surface area (Å²) in [4.78, 5) is 0. The Hall–Kier alpha value is -0.170. The van der Waals surface area contributed by atoms with Gasteiger partial charge in [0.05, 0.1) is 17.9 Å². The molecule has 0 radical (unpaired) electrons. The maximum Gasteiger partial charge on any atom is 0.212 e. The van der Waals surface area contributed by atoms with Crippen LogP contribution < -0.4 is 10.0 Å². The first kappa shape index (κ1) is 14.9. The van der Waals surface area contributed by atoms with Crippen LogP contribution in [0.1, 0.15) is 32.6 Å². The highest BCUT2D eigenvalue weighted by atomic mass is 32.2. The van der Waals surface area contributed by atoms with Crippen LogP contribution in [-0.2, 0) is 14.8 Å². The van der Waals surface area contributed by atoms with E-state index in [0.29, 0.717) is 13.0 Å². The van der Waals surface area contributed by atoms with E-state index in [-0.39, 0.29) is 5.75 Å². The van der Waals surface area contributed by atoms with Gasteiger partial charge in [-0.15, -0.1) is 0 Å². The summed E-state index contributed by atoms with van der Waals surface area (Å²) in [6, 6.07) is 0. The normalized spacial score (nSPS) is 26.0. The van der Waals surface area contributed by atoms with E-state index in [9.17, 15) is 8.42 Å². The van der Waals surface area contributed by atoms with E-state index in [1.54, 1.807) is 0 Å². The molecule has 1 saturated heterocycles. The van der Waals surface area contributed by atoms with Gasteiger partial charge in [0.1, 0.15) is 0 Å². The highest BCUT2D eigenvalue weighted by molar-refractivity contribution is 7.89. The molecular weight excluding hydrogens is 240 g/mol. The van der Waals surface area contributed by atoms with Gasteiger partial charge in [-0.2, -0.15) is 0 Å². The third kappa shape index (κ3) is 5.81. The van der Waals surface area contributed by atoms with E-state index in [4.69, 9.17) is 4.74 Å². The highest BCUT2D eigenvalue weighted by Gasteiger charge is 2.31. The quantitative estimate of drug-likeness (QED) is 0.656. The van der Waals surface area contributed by atoms with Crippen molar-refractivity contribution in [2.75, 3.05) is 32.6 Å². The third-order valence-corrected chi connectivity index (χ3v) is 4.56. The third-order valence-electron chi connectivity index (χ3n) is 2.93. The Labute approximate surface area is 104 Å². The fourth-order valence-electron chi connectivity index (χ4n) is 2.03. The summed E-state index contributed by atoms with van der Waals surface area (Å²) >= 11 is 0. The molecule has 0 amide bonds. The Balaban J connectivity index is 2.37. The van der Waals surface area contributed by atoms with E-state index < -0.39 is 15.6 Å². The minimum atomic E-state index is -3.18. The second-order valence-electron chi connectivity index (χ2n) is 4.95. The fourth-order valence-corrected chi connectivity index (χ4v) is 3.63.